The van der Waals surface area contributed by atoms with E-state index in [2.05, 4.69) is 10.3 Å². The zero-order valence-corrected chi connectivity index (χ0v) is 19.8. The summed E-state index contributed by atoms with van der Waals surface area (Å²) in [6, 6.07) is 9.71. The van der Waals surface area contributed by atoms with Crippen LogP contribution in [0.25, 0.3) is 5.69 Å². The van der Waals surface area contributed by atoms with Crippen LogP contribution in [0.5, 0.6) is 0 Å². The van der Waals surface area contributed by atoms with Gasteiger partial charge in [0.2, 0.25) is 0 Å². The first-order valence-electron chi connectivity index (χ1n) is 11.6. The molecular formula is C22H30N6O4S. The normalized spacial score (nSPS) is 25.3. The molecule has 11 heteroatoms. The van der Waals surface area contributed by atoms with Crippen molar-refractivity contribution in [2.45, 2.75) is 44.8 Å². The Morgan fingerprint density at radius 2 is 1.61 bits per heavy atom. The molecule has 2 atom stereocenters. The molecule has 3 fully saturated rings. The maximum absolute atomic E-state index is 13.4. The summed E-state index contributed by atoms with van der Waals surface area (Å²) in [5.41, 5.74) is 2.13. The Bertz CT molecular complexity index is 1100. The number of ether oxygens (including phenoxy) is 1. The largest absolute Gasteiger partial charge is 0.373 e. The van der Waals surface area contributed by atoms with Crippen molar-refractivity contribution in [2.75, 3.05) is 39.3 Å². The van der Waals surface area contributed by atoms with Crippen LogP contribution in [0.3, 0.4) is 0 Å². The number of aromatic nitrogens is 3. The third-order valence-electron chi connectivity index (χ3n) is 6.44. The van der Waals surface area contributed by atoms with E-state index in [0.717, 1.165) is 24.2 Å². The molecule has 0 bridgehead atoms. The first-order valence-corrected chi connectivity index (χ1v) is 12.9. The minimum Gasteiger partial charge on any atom is -0.373 e. The number of rotatable bonds is 5. The number of hydrogen-bond donors (Lipinski definition) is 0. The molecule has 33 heavy (non-hydrogen) atoms. The fraction of sp³-hybridized carbons (Fsp3) is 0.591. The van der Waals surface area contributed by atoms with Crippen LogP contribution in [0, 0.1) is 0 Å². The summed E-state index contributed by atoms with van der Waals surface area (Å²) in [5, 5.41) is 8.54. The van der Waals surface area contributed by atoms with Gasteiger partial charge in [-0.15, -0.1) is 5.10 Å². The molecule has 2 unspecified atom stereocenters. The third kappa shape index (κ3) is 4.42. The SMILES string of the molecule is CC1CN(S(=O)(=O)N2CCN(C(=O)c3nnn(-c4ccccc4)c3C3CC3)CC2)CC(C)O1. The Balaban J connectivity index is 1.29. The third-order valence-corrected chi connectivity index (χ3v) is 8.41. The highest BCUT2D eigenvalue weighted by Gasteiger charge is 2.39. The van der Waals surface area contributed by atoms with Crippen LogP contribution in [-0.2, 0) is 14.9 Å². The lowest BCUT2D eigenvalue weighted by Gasteiger charge is -2.40. The molecule has 2 aliphatic heterocycles. The Labute approximate surface area is 194 Å². The van der Waals surface area contributed by atoms with Crippen molar-refractivity contribution in [1.82, 2.24) is 28.5 Å². The number of hydrogen-bond acceptors (Lipinski definition) is 6. The van der Waals surface area contributed by atoms with Gasteiger partial charge in [-0.2, -0.15) is 17.0 Å². The zero-order valence-electron chi connectivity index (χ0n) is 19.0. The molecule has 3 aliphatic rings. The number of amides is 1. The molecule has 1 aromatic heterocycles. The maximum atomic E-state index is 13.4. The highest BCUT2D eigenvalue weighted by molar-refractivity contribution is 7.86. The zero-order chi connectivity index (χ0) is 23.2. The van der Waals surface area contributed by atoms with Crippen LogP contribution in [0.4, 0.5) is 0 Å². The lowest BCUT2D eigenvalue weighted by Crippen LogP contribution is -2.57. The Kier molecular flexibility index (Phi) is 5.98. The lowest BCUT2D eigenvalue weighted by molar-refractivity contribution is -0.0457. The summed E-state index contributed by atoms with van der Waals surface area (Å²) in [5.74, 6) is 0.107. The van der Waals surface area contributed by atoms with Crippen molar-refractivity contribution in [2.24, 2.45) is 0 Å². The molecule has 3 heterocycles. The Morgan fingerprint density at radius 1 is 0.970 bits per heavy atom. The van der Waals surface area contributed by atoms with Gasteiger partial charge < -0.3 is 9.64 Å². The van der Waals surface area contributed by atoms with E-state index in [1.165, 1.54) is 8.61 Å². The average Bonchev–Trinajstić information content (AvgIpc) is 3.56. The van der Waals surface area contributed by atoms with E-state index in [4.69, 9.17) is 4.74 Å². The van der Waals surface area contributed by atoms with E-state index < -0.39 is 10.2 Å². The van der Waals surface area contributed by atoms with Gasteiger partial charge in [-0.3, -0.25) is 4.79 Å². The van der Waals surface area contributed by atoms with E-state index in [1.54, 1.807) is 9.58 Å². The molecule has 1 aliphatic carbocycles. The topological polar surface area (TPSA) is 101 Å². The summed E-state index contributed by atoms with van der Waals surface area (Å²) in [4.78, 5) is 15.1. The first kappa shape index (κ1) is 22.5. The van der Waals surface area contributed by atoms with Gasteiger partial charge in [0.1, 0.15) is 0 Å². The number of carbonyl (C=O) groups excluding carboxylic acids is 1. The number of para-hydroxylation sites is 1. The monoisotopic (exact) mass is 474 g/mol. The van der Waals surface area contributed by atoms with Crippen molar-refractivity contribution < 1.29 is 17.9 Å². The summed E-state index contributed by atoms with van der Waals surface area (Å²) >= 11 is 0. The summed E-state index contributed by atoms with van der Waals surface area (Å²) in [6.45, 7) is 5.65. The quantitative estimate of drug-likeness (QED) is 0.647. The van der Waals surface area contributed by atoms with Crippen LogP contribution < -0.4 is 0 Å². The average molecular weight is 475 g/mol. The van der Waals surface area contributed by atoms with Crippen LogP contribution in [0.1, 0.15) is 48.8 Å². The van der Waals surface area contributed by atoms with Crippen LogP contribution in [-0.4, -0.2) is 94.3 Å². The molecule has 0 radical (unpaired) electrons. The standard InChI is InChI=1S/C22H30N6O4S/c1-16-14-27(15-17(2)32-16)33(30,31)26-12-10-25(11-13-26)22(29)20-21(18-8-9-18)28(24-23-20)19-6-4-3-5-7-19/h3-7,16-18H,8-15H2,1-2H3. The van der Waals surface area contributed by atoms with E-state index in [9.17, 15) is 13.2 Å². The Morgan fingerprint density at radius 3 is 2.21 bits per heavy atom. The second-order valence-electron chi connectivity index (χ2n) is 9.12. The van der Waals surface area contributed by atoms with E-state index in [-0.39, 0.29) is 37.1 Å². The molecule has 1 saturated carbocycles. The molecule has 1 aromatic carbocycles. The smallest absolute Gasteiger partial charge is 0.282 e. The molecule has 0 N–H and O–H groups in total. The van der Waals surface area contributed by atoms with Crippen molar-refractivity contribution in [3.63, 3.8) is 0 Å². The molecule has 2 saturated heterocycles. The van der Waals surface area contributed by atoms with Gasteiger partial charge in [-0.25, -0.2) is 4.68 Å². The van der Waals surface area contributed by atoms with Crippen LogP contribution in [0.15, 0.2) is 30.3 Å². The Hall–Kier alpha value is -2.34. The molecular weight excluding hydrogens is 444 g/mol. The minimum absolute atomic E-state index is 0.139. The fourth-order valence-electron chi connectivity index (χ4n) is 4.68. The van der Waals surface area contributed by atoms with Gasteiger partial charge >= 0.3 is 0 Å². The highest BCUT2D eigenvalue weighted by atomic mass is 32.2. The van der Waals surface area contributed by atoms with E-state index in [1.807, 2.05) is 44.2 Å². The van der Waals surface area contributed by atoms with Gasteiger partial charge in [-0.05, 0) is 38.8 Å². The van der Waals surface area contributed by atoms with Gasteiger partial charge in [-0.1, -0.05) is 23.4 Å². The number of piperazine rings is 1. The molecule has 5 rings (SSSR count). The fourth-order valence-corrected chi connectivity index (χ4v) is 6.43. The van der Waals surface area contributed by atoms with Crippen LogP contribution in [0.2, 0.25) is 0 Å². The number of benzene rings is 1. The molecule has 0 spiro atoms. The number of morpholine rings is 1. The van der Waals surface area contributed by atoms with Crippen molar-refractivity contribution in [1.29, 1.82) is 0 Å². The predicted octanol–water partition coefficient (Wildman–Crippen LogP) is 1.26. The molecule has 2 aromatic rings. The predicted molar refractivity (Wildman–Crippen MR) is 121 cm³/mol. The highest BCUT2D eigenvalue weighted by Crippen LogP contribution is 2.42. The minimum atomic E-state index is -3.59. The van der Waals surface area contributed by atoms with Crippen LogP contribution >= 0.6 is 0 Å². The number of nitrogens with zero attached hydrogens (tertiary/aromatic N) is 6. The maximum Gasteiger partial charge on any atom is 0.282 e. The summed E-state index contributed by atoms with van der Waals surface area (Å²) in [6.07, 6.45) is 1.75. The van der Waals surface area contributed by atoms with Gasteiger partial charge in [0, 0.05) is 45.2 Å². The van der Waals surface area contributed by atoms with Crippen molar-refractivity contribution in [3.8, 4) is 5.69 Å². The summed E-state index contributed by atoms with van der Waals surface area (Å²) < 4.78 is 36.7. The number of carbonyl (C=O) groups is 1. The molecule has 10 nitrogen and oxygen atoms in total. The van der Waals surface area contributed by atoms with Gasteiger partial charge in [0.15, 0.2) is 5.69 Å². The van der Waals surface area contributed by atoms with Gasteiger partial charge in [0.05, 0.1) is 23.6 Å². The van der Waals surface area contributed by atoms with Gasteiger partial charge in [0.25, 0.3) is 16.1 Å². The second kappa shape index (κ2) is 8.79. The summed E-state index contributed by atoms with van der Waals surface area (Å²) in [7, 11) is -3.59. The van der Waals surface area contributed by atoms with Crippen molar-refractivity contribution >= 4 is 16.1 Å². The second-order valence-corrected chi connectivity index (χ2v) is 11.0. The first-order chi connectivity index (χ1) is 15.8. The van der Waals surface area contributed by atoms with E-state index in [0.29, 0.717) is 31.9 Å². The van der Waals surface area contributed by atoms with Crippen molar-refractivity contribution in [3.05, 3.63) is 41.7 Å². The molecule has 178 valence electrons. The van der Waals surface area contributed by atoms with E-state index >= 15 is 0 Å². The lowest BCUT2D eigenvalue weighted by atomic mass is 10.2. The molecule has 1 amide bonds.